The predicted molar refractivity (Wildman–Crippen MR) is 85.8 cm³/mol. The molecule has 3 aromatic rings. The lowest BCUT2D eigenvalue weighted by Crippen LogP contribution is -1.92. The first-order valence-electron chi connectivity index (χ1n) is 6.59. The maximum Gasteiger partial charge on any atom is 0.221 e. The quantitative estimate of drug-likeness (QED) is 0.485. The minimum absolute atomic E-state index is 0.158. The second-order valence-corrected chi connectivity index (χ2v) is 5.34. The number of allylic oxidation sites excluding steroid dienone is 1. The number of hydrogen-bond acceptors (Lipinski definition) is 2. The lowest BCUT2D eigenvalue weighted by atomic mass is 10.1. The second kappa shape index (κ2) is 5.58. The average molecular weight is 297 g/mol. The fourth-order valence-electron chi connectivity index (χ4n) is 2.24. The number of carbonyl (C=O) groups is 1. The highest BCUT2D eigenvalue weighted by molar-refractivity contribution is 6.31. The van der Waals surface area contributed by atoms with E-state index in [2.05, 4.69) is 0 Å². The third-order valence-corrected chi connectivity index (χ3v) is 3.49. The van der Waals surface area contributed by atoms with E-state index in [9.17, 15) is 4.79 Å². The minimum atomic E-state index is -0.158. The van der Waals surface area contributed by atoms with Gasteiger partial charge in [-0.1, -0.05) is 47.5 Å². The third kappa shape index (κ3) is 2.91. The predicted octanol–water partition coefficient (Wildman–Crippen LogP) is 5.29. The average Bonchev–Trinajstić information content (AvgIpc) is 2.88. The van der Waals surface area contributed by atoms with Gasteiger partial charge in [-0.25, -0.2) is 0 Å². The molecule has 0 N–H and O–H groups in total. The first-order valence-corrected chi connectivity index (χ1v) is 6.97. The molecule has 0 aliphatic heterocycles. The summed E-state index contributed by atoms with van der Waals surface area (Å²) in [4.78, 5) is 12.2. The summed E-state index contributed by atoms with van der Waals surface area (Å²) >= 11 is 5.92. The van der Waals surface area contributed by atoms with Crippen LogP contribution in [-0.4, -0.2) is 5.78 Å². The number of fused-ring (bicyclic) bond motifs is 1. The number of aryl methyl sites for hydroxylation is 1. The molecule has 0 amide bonds. The largest absolute Gasteiger partial charge is 0.460 e. The molecule has 1 heterocycles. The van der Waals surface area contributed by atoms with Crippen molar-refractivity contribution in [3.63, 3.8) is 0 Å². The Labute approximate surface area is 127 Å². The van der Waals surface area contributed by atoms with E-state index in [1.807, 2.05) is 31.2 Å². The summed E-state index contributed by atoms with van der Waals surface area (Å²) in [5.74, 6) is 0.180. The summed E-state index contributed by atoms with van der Waals surface area (Å²) in [6.45, 7) is 2.02. The summed E-state index contributed by atoms with van der Waals surface area (Å²) in [5, 5.41) is 2.23. The van der Waals surface area contributed by atoms with E-state index in [-0.39, 0.29) is 5.78 Å². The van der Waals surface area contributed by atoms with Crippen molar-refractivity contribution in [3.05, 3.63) is 76.7 Å². The summed E-state index contributed by atoms with van der Waals surface area (Å²) in [6, 6.07) is 13.3. The minimum Gasteiger partial charge on any atom is -0.460 e. The molecule has 0 bridgehead atoms. The van der Waals surface area contributed by atoms with E-state index < -0.39 is 0 Å². The Morgan fingerprint density at radius 2 is 2.05 bits per heavy atom. The van der Waals surface area contributed by atoms with Crippen molar-refractivity contribution >= 4 is 34.2 Å². The SMILES string of the molecule is Cc1cccc(C=CC(=O)c2occ3cc(Cl)ccc23)c1. The Kier molecular flexibility index (Phi) is 3.63. The summed E-state index contributed by atoms with van der Waals surface area (Å²) in [5.41, 5.74) is 2.14. The monoisotopic (exact) mass is 296 g/mol. The van der Waals surface area contributed by atoms with Gasteiger partial charge in [-0.3, -0.25) is 4.79 Å². The molecule has 0 saturated heterocycles. The zero-order valence-electron chi connectivity index (χ0n) is 11.5. The van der Waals surface area contributed by atoms with Crippen LogP contribution in [0.25, 0.3) is 16.8 Å². The molecule has 104 valence electrons. The molecule has 3 heteroatoms. The third-order valence-electron chi connectivity index (χ3n) is 3.26. The van der Waals surface area contributed by atoms with Crippen LogP contribution in [0.15, 0.2) is 59.2 Å². The van der Waals surface area contributed by atoms with Gasteiger partial charge in [0.05, 0.1) is 6.26 Å². The molecule has 0 spiro atoms. The molecule has 2 nitrogen and oxygen atoms in total. The maximum atomic E-state index is 12.2. The number of carbonyl (C=O) groups excluding carboxylic acids is 1. The van der Waals surface area contributed by atoms with Crippen LogP contribution in [0.3, 0.4) is 0 Å². The van der Waals surface area contributed by atoms with Crippen LogP contribution in [0.4, 0.5) is 0 Å². The molecule has 0 atom stereocenters. The Bertz CT molecular complexity index is 843. The molecular formula is C18H13ClO2. The van der Waals surface area contributed by atoms with E-state index >= 15 is 0 Å². The topological polar surface area (TPSA) is 30.2 Å². The molecule has 0 unspecified atom stereocenters. The molecule has 0 fully saturated rings. The molecule has 1 aromatic heterocycles. The Morgan fingerprint density at radius 1 is 1.19 bits per heavy atom. The van der Waals surface area contributed by atoms with Crippen molar-refractivity contribution in [2.45, 2.75) is 6.92 Å². The number of hydrogen-bond donors (Lipinski definition) is 0. The summed E-state index contributed by atoms with van der Waals surface area (Å²) in [6.07, 6.45) is 4.87. The highest BCUT2D eigenvalue weighted by Gasteiger charge is 2.12. The summed E-state index contributed by atoms with van der Waals surface area (Å²) in [7, 11) is 0. The Balaban J connectivity index is 1.90. The van der Waals surface area contributed by atoms with Crippen molar-refractivity contribution in [3.8, 4) is 0 Å². The van der Waals surface area contributed by atoms with Gasteiger partial charge in [0.1, 0.15) is 0 Å². The van der Waals surface area contributed by atoms with Crippen molar-refractivity contribution < 1.29 is 9.21 Å². The van der Waals surface area contributed by atoms with Crippen LogP contribution in [0, 0.1) is 6.92 Å². The zero-order valence-corrected chi connectivity index (χ0v) is 12.2. The van der Waals surface area contributed by atoms with E-state index in [1.165, 1.54) is 6.08 Å². The number of benzene rings is 2. The highest BCUT2D eigenvalue weighted by atomic mass is 35.5. The highest BCUT2D eigenvalue weighted by Crippen LogP contribution is 2.25. The smallest absolute Gasteiger partial charge is 0.221 e. The Hall–Kier alpha value is -2.32. The molecule has 3 rings (SSSR count). The number of furan rings is 1. The van der Waals surface area contributed by atoms with Crippen molar-refractivity contribution in [1.29, 1.82) is 0 Å². The van der Waals surface area contributed by atoms with E-state index in [0.29, 0.717) is 10.8 Å². The van der Waals surface area contributed by atoms with Gasteiger partial charge in [0, 0.05) is 15.8 Å². The maximum absolute atomic E-state index is 12.2. The molecule has 21 heavy (non-hydrogen) atoms. The number of ketones is 1. The van der Waals surface area contributed by atoms with Gasteiger partial charge in [-0.15, -0.1) is 0 Å². The lowest BCUT2D eigenvalue weighted by Gasteiger charge is -1.96. The van der Waals surface area contributed by atoms with Gasteiger partial charge in [0.15, 0.2) is 5.76 Å². The molecular weight excluding hydrogens is 284 g/mol. The van der Waals surface area contributed by atoms with Gasteiger partial charge >= 0.3 is 0 Å². The first-order chi connectivity index (χ1) is 10.1. The lowest BCUT2D eigenvalue weighted by molar-refractivity contribution is 0.102. The van der Waals surface area contributed by atoms with Crippen LogP contribution < -0.4 is 0 Å². The molecule has 0 aliphatic carbocycles. The van der Waals surface area contributed by atoms with E-state index in [0.717, 1.165) is 21.9 Å². The van der Waals surface area contributed by atoms with Crippen molar-refractivity contribution in [2.75, 3.05) is 0 Å². The second-order valence-electron chi connectivity index (χ2n) is 4.91. The van der Waals surface area contributed by atoms with Gasteiger partial charge in [-0.2, -0.15) is 0 Å². The normalized spacial score (nSPS) is 11.3. The molecule has 2 aromatic carbocycles. The molecule has 0 aliphatic rings. The molecule has 0 saturated carbocycles. The van der Waals surface area contributed by atoms with E-state index in [4.69, 9.17) is 16.0 Å². The van der Waals surface area contributed by atoms with Crippen LogP contribution in [0.2, 0.25) is 5.02 Å². The Morgan fingerprint density at radius 3 is 2.86 bits per heavy atom. The van der Waals surface area contributed by atoms with Crippen LogP contribution in [0.1, 0.15) is 21.7 Å². The van der Waals surface area contributed by atoms with Crippen LogP contribution >= 0.6 is 11.6 Å². The van der Waals surface area contributed by atoms with Gasteiger partial charge in [0.25, 0.3) is 0 Å². The van der Waals surface area contributed by atoms with Gasteiger partial charge in [-0.05, 0) is 36.8 Å². The van der Waals surface area contributed by atoms with Crippen molar-refractivity contribution in [1.82, 2.24) is 0 Å². The van der Waals surface area contributed by atoms with Crippen molar-refractivity contribution in [2.24, 2.45) is 0 Å². The standard InChI is InChI=1S/C18H13ClO2/c1-12-3-2-4-13(9-12)5-8-17(20)18-16-7-6-15(19)10-14(16)11-21-18/h2-11H,1H3. The van der Waals surface area contributed by atoms with Gasteiger partial charge < -0.3 is 4.42 Å². The van der Waals surface area contributed by atoms with Crippen LogP contribution in [-0.2, 0) is 0 Å². The van der Waals surface area contributed by atoms with E-state index in [1.54, 1.807) is 30.5 Å². The summed E-state index contributed by atoms with van der Waals surface area (Å²) < 4.78 is 5.38. The number of halogens is 1. The fraction of sp³-hybridized carbons (Fsp3) is 0.0556. The first kappa shape index (κ1) is 13.7. The fourth-order valence-corrected chi connectivity index (χ4v) is 2.42. The van der Waals surface area contributed by atoms with Crippen LogP contribution in [0.5, 0.6) is 0 Å². The molecule has 0 radical (unpaired) electrons. The number of rotatable bonds is 3. The zero-order chi connectivity index (χ0) is 14.8. The van der Waals surface area contributed by atoms with Gasteiger partial charge in [0.2, 0.25) is 5.78 Å².